The number of carbonyl (C=O) groups excluding carboxylic acids is 1. The maximum absolute atomic E-state index is 12.2. The summed E-state index contributed by atoms with van der Waals surface area (Å²) in [6.45, 7) is 2.18. The van der Waals surface area contributed by atoms with E-state index in [1.165, 1.54) is 18.2 Å². The molecular weight excluding hydrogens is 380 g/mol. The van der Waals surface area contributed by atoms with E-state index in [-0.39, 0.29) is 16.6 Å². The van der Waals surface area contributed by atoms with Crippen molar-refractivity contribution in [2.24, 2.45) is 5.92 Å². The van der Waals surface area contributed by atoms with Gasteiger partial charge in [-0.1, -0.05) is 6.92 Å². The molecule has 1 aliphatic rings. The highest BCUT2D eigenvalue weighted by atomic mass is 79.9. The van der Waals surface area contributed by atoms with E-state index in [4.69, 9.17) is 15.4 Å². The lowest BCUT2D eigenvalue weighted by molar-refractivity contribution is 0.0172. The van der Waals surface area contributed by atoms with E-state index in [1.54, 1.807) is 0 Å². The Hall–Kier alpha value is -0.590. The first-order valence-electron chi connectivity index (χ1n) is 6.72. The molecule has 2 rings (SSSR count). The average Bonchev–Trinajstić information content (AvgIpc) is 2.40. The number of carbonyl (C=O) groups is 1. The van der Waals surface area contributed by atoms with Crippen LogP contribution in [0, 0.1) is 5.92 Å². The fourth-order valence-electron chi connectivity index (χ4n) is 2.37. The van der Waals surface area contributed by atoms with Crippen molar-refractivity contribution in [2.75, 3.05) is 0 Å². The fourth-order valence-corrected chi connectivity index (χ4v) is 3.56. The molecule has 0 N–H and O–H groups in total. The third-order valence-electron chi connectivity index (χ3n) is 3.68. The first-order chi connectivity index (χ1) is 9.77. The lowest BCUT2D eigenvalue weighted by Gasteiger charge is -2.26. The Morgan fingerprint density at radius 1 is 1.29 bits per heavy atom. The highest BCUT2D eigenvalue weighted by Crippen LogP contribution is 2.28. The van der Waals surface area contributed by atoms with Gasteiger partial charge in [-0.15, -0.1) is 0 Å². The molecule has 1 fully saturated rings. The third-order valence-corrected chi connectivity index (χ3v) is 5.72. The van der Waals surface area contributed by atoms with E-state index in [0.29, 0.717) is 10.4 Å². The van der Waals surface area contributed by atoms with Crippen molar-refractivity contribution in [2.45, 2.75) is 43.6 Å². The maximum Gasteiger partial charge on any atom is 0.339 e. The number of esters is 1. The summed E-state index contributed by atoms with van der Waals surface area (Å²) in [5, 5.41) is 0. The second kappa shape index (κ2) is 6.67. The number of ether oxygens (including phenoxy) is 1. The molecule has 1 saturated carbocycles. The zero-order chi connectivity index (χ0) is 15.6. The topological polar surface area (TPSA) is 60.4 Å². The second-order valence-electron chi connectivity index (χ2n) is 5.37. The van der Waals surface area contributed by atoms with Crippen LogP contribution in [-0.4, -0.2) is 20.5 Å². The van der Waals surface area contributed by atoms with Crippen LogP contribution in [0.25, 0.3) is 0 Å². The highest BCUT2D eigenvalue weighted by Gasteiger charge is 2.24. The van der Waals surface area contributed by atoms with Crippen molar-refractivity contribution < 1.29 is 17.9 Å². The van der Waals surface area contributed by atoms with E-state index in [0.717, 1.165) is 25.7 Å². The van der Waals surface area contributed by atoms with E-state index < -0.39 is 15.0 Å². The summed E-state index contributed by atoms with van der Waals surface area (Å²) in [4.78, 5) is 12.1. The van der Waals surface area contributed by atoms with Gasteiger partial charge in [0.05, 0.1) is 10.5 Å². The fraction of sp³-hybridized carbons (Fsp3) is 0.500. The van der Waals surface area contributed by atoms with Crippen molar-refractivity contribution in [3.8, 4) is 0 Å². The maximum atomic E-state index is 12.2. The number of hydrogen-bond donors (Lipinski definition) is 0. The summed E-state index contributed by atoms with van der Waals surface area (Å²) >= 11 is 3.23. The Balaban J connectivity index is 2.15. The Kier molecular flexibility index (Phi) is 5.33. The third kappa shape index (κ3) is 4.44. The summed E-state index contributed by atoms with van der Waals surface area (Å²) in [6, 6.07) is 4.06. The van der Waals surface area contributed by atoms with Gasteiger partial charge < -0.3 is 4.74 Å². The van der Waals surface area contributed by atoms with Gasteiger partial charge in [0.2, 0.25) is 0 Å². The highest BCUT2D eigenvalue weighted by molar-refractivity contribution is 9.10. The lowest BCUT2D eigenvalue weighted by atomic mass is 9.89. The Morgan fingerprint density at radius 3 is 2.48 bits per heavy atom. The van der Waals surface area contributed by atoms with E-state index in [2.05, 4.69) is 22.9 Å². The molecule has 0 aromatic heterocycles. The van der Waals surface area contributed by atoms with Crippen molar-refractivity contribution in [1.82, 2.24) is 0 Å². The van der Waals surface area contributed by atoms with Crippen LogP contribution in [0.5, 0.6) is 0 Å². The number of halogens is 2. The van der Waals surface area contributed by atoms with Gasteiger partial charge in [0.25, 0.3) is 9.05 Å². The molecule has 0 spiro atoms. The smallest absolute Gasteiger partial charge is 0.339 e. The molecule has 4 nitrogen and oxygen atoms in total. The van der Waals surface area contributed by atoms with Crippen molar-refractivity contribution in [1.29, 1.82) is 0 Å². The molecule has 0 amide bonds. The SMILES string of the molecule is CC1CCC(OC(=O)c2cc(S(=O)(=O)Cl)ccc2Br)CC1. The van der Waals surface area contributed by atoms with Crippen molar-refractivity contribution >= 4 is 41.6 Å². The van der Waals surface area contributed by atoms with Gasteiger partial charge >= 0.3 is 5.97 Å². The van der Waals surface area contributed by atoms with Gasteiger partial charge in [-0.05, 0) is 65.7 Å². The minimum Gasteiger partial charge on any atom is -0.459 e. The summed E-state index contributed by atoms with van der Waals surface area (Å²) in [7, 11) is 1.43. The predicted octanol–water partition coefficient (Wildman–Crippen LogP) is 4.11. The van der Waals surface area contributed by atoms with Gasteiger partial charge in [0.1, 0.15) is 6.10 Å². The van der Waals surface area contributed by atoms with Gasteiger partial charge in [-0.25, -0.2) is 13.2 Å². The molecule has 0 radical (unpaired) electrons. The van der Waals surface area contributed by atoms with E-state index >= 15 is 0 Å². The Labute approximate surface area is 137 Å². The molecule has 1 aromatic carbocycles. The van der Waals surface area contributed by atoms with E-state index in [1.807, 2.05) is 0 Å². The van der Waals surface area contributed by atoms with Crippen LogP contribution in [-0.2, 0) is 13.8 Å². The normalized spacial score (nSPS) is 22.8. The molecule has 0 unspecified atom stereocenters. The number of rotatable bonds is 3. The van der Waals surface area contributed by atoms with Gasteiger partial charge in [0, 0.05) is 15.2 Å². The van der Waals surface area contributed by atoms with Gasteiger partial charge in [0.15, 0.2) is 0 Å². The molecule has 1 aliphatic carbocycles. The van der Waals surface area contributed by atoms with Crippen LogP contribution in [0.1, 0.15) is 43.0 Å². The van der Waals surface area contributed by atoms with Gasteiger partial charge in [-0.3, -0.25) is 0 Å². The van der Waals surface area contributed by atoms with Crippen molar-refractivity contribution in [3.05, 3.63) is 28.2 Å². The quantitative estimate of drug-likeness (QED) is 0.571. The van der Waals surface area contributed by atoms with Crippen LogP contribution in [0.2, 0.25) is 0 Å². The largest absolute Gasteiger partial charge is 0.459 e. The standard InChI is InChI=1S/C14H16BrClO4S/c1-9-2-4-10(5-3-9)20-14(17)12-8-11(21(16,18)19)6-7-13(12)15/h6-10H,2-5H2,1H3. The molecule has 116 valence electrons. The lowest BCUT2D eigenvalue weighted by Crippen LogP contribution is -2.23. The van der Waals surface area contributed by atoms with Crippen LogP contribution in [0.4, 0.5) is 0 Å². The summed E-state index contributed by atoms with van der Waals surface area (Å²) in [5.74, 6) is 0.139. The number of hydrogen-bond acceptors (Lipinski definition) is 4. The van der Waals surface area contributed by atoms with E-state index in [9.17, 15) is 13.2 Å². The van der Waals surface area contributed by atoms with Crippen LogP contribution >= 0.6 is 26.6 Å². The molecule has 21 heavy (non-hydrogen) atoms. The molecule has 0 heterocycles. The van der Waals surface area contributed by atoms with Crippen LogP contribution < -0.4 is 0 Å². The number of benzene rings is 1. The molecule has 1 aromatic rings. The minimum atomic E-state index is -3.87. The summed E-state index contributed by atoms with van der Waals surface area (Å²) in [5.41, 5.74) is 0.176. The van der Waals surface area contributed by atoms with Gasteiger partial charge in [-0.2, -0.15) is 0 Å². The van der Waals surface area contributed by atoms with Crippen LogP contribution in [0.15, 0.2) is 27.6 Å². The van der Waals surface area contributed by atoms with Crippen molar-refractivity contribution in [3.63, 3.8) is 0 Å². The molecule has 0 atom stereocenters. The molecule has 0 bridgehead atoms. The second-order valence-corrected chi connectivity index (χ2v) is 8.79. The van der Waals surface area contributed by atoms with Crippen LogP contribution in [0.3, 0.4) is 0 Å². The zero-order valence-corrected chi connectivity index (χ0v) is 14.7. The predicted molar refractivity (Wildman–Crippen MR) is 84.0 cm³/mol. The monoisotopic (exact) mass is 394 g/mol. The minimum absolute atomic E-state index is 0.100. The average molecular weight is 396 g/mol. The first kappa shape index (κ1) is 16.8. The first-order valence-corrected chi connectivity index (χ1v) is 9.83. The summed E-state index contributed by atoms with van der Waals surface area (Å²) < 4.78 is 28.6. The molecular formula is C14H16BrClO4S. The Bertz CT molecular complexity index is 636. The zero-order valence-electron chi connectivity index (χ0n) is 11.5. The molecule has 7 heteroatoms. The Morgan fingerprint density at radius 2 is 1.90 bits per heavy atom. The molecule has 0 aliphatic heterocycles. The molecule has 0 saturated heterocycles. The summed E-state index contributed by atoms with van der Waals surface area (Å²) in [6.07, 6.45) is 3.66.